The van der Waals surface area contributed by atoms with Crippen LogP contribution in [0.3, 0.4) is 0 Å². The molecule has 0 aliphatic heterocycles. The number of hydrogen-bond acceptors (Lipinski definition) is 2. The second-order valence-corrected chi connectivity index (χ2v) is 8.56. The number of aromatic nitrogens is 2. The first-order valence-corrected chi connectivity index (χ1v) is 9.97. The summed E-state index contributed by atoms with van der Waals surface area (Å²) in [6, 6.07) is 21.9. The normalized spacial score (nSPS) is 14.3. The van der Waals surface area contributed by atoms with Crippen molar-refractivity contribution in [2.45, 2.75) is 39.0 Å². The largest absolute Gasteiger partial charge is 0.236 e. The van der Waals surface area contributed by atoms with Crippen LogP contribution < -0.4 is 0 Å². The van der Waals surface area contributed by atoms with Gasteiger partial charge in [-0.1, -0.05) is 88.4 Å². The van der Waals surface area contributed by atoms with Crippen LogP contribution in [0.1, 0.15) is 50.3 Å². The number of benzene rings is 3. The lowest BCUT2D eigenvalue weighted by Gasteiger charge is -2.23. The van der Waals surface area contributed by atoms with Crippen molar-refractivity contribution in [3.05, 3.63) is 83.7 Å². The summed E-state index contributed by atoms with van der Waals surface area (Å²) < 4.78 is 0. The van der Waals surface area contributed by atoms with Crippen molar-refractivity contribution in [3.63, 3.8) is 0 Å². The Balaban J connectivity index is 1.79. The molecule has 1 aliphatic carbocycles. The smallest absolute Gasteiger partial charge is 0.116 e. The lowest BCUT2D eigenvalue weighted by molar-refractivity contribution is 0.658. The minimum absolute atomic E-state index is 0.137. The third kappa shape index (κ3) is 2.34. The Kier molecular flexibility index (Phi) is 3.67. The standard InChI is InChI=1S/C26H24N2/c1-16(2)17-9-11-19(12-10-17)24-23-25(28-15-27-24)22-20-8-6-5-7-18(20)13-14-21(22)26(23,3)4/h5-16H,1-4H3. The van der Waals surface area contributed by atoms with Crippen molar-refractivity contribution in [2.75, 3.05) is 0 Å². The van der Waals surface area contributed by atoms with E-state index >= 15 is 0 Å². The quantitative estimate of drug-likeness (QED) is 0.394. The molecule has 0 N–H and O–H groups in total. The summed E-state index contributed by atoms with van der Waals surface area (Å²) >= 11 is 0. The number of nitrogens with zero attached hydrogens (tertiary/aromatic N) is 2. The summed E-state index contributed by atoms with van der Waals surface area (Å²) in [6.07, 6.45) is 1.72. The molecule has 0 spiro atoms. The third-order valence-corrected chi connectivity index (χ3v) is 6.16. The van der Waals surface area contributed by atoms with Gasteiger partial charge >= 0.3 is 0 Å². The van der Waals surface area contributed by atoms with Gasteiger partial charge in [-0.25, -0.2) is 9.97 Å². The molecule has 1 aromatic heterocycles. The molecule has 4 aromatic rings. The number of rotatable bonds is 2. The molecule has 2 nitrogen and oxygen atoms in total. The van der Waals surface area contributed by atoms with Gasteiger partial charge in [0.25, 0.3) is 0 Å². The van der Waals surface area contributed by atoms with Crippen LogP contribution in [-0.4, -0.2) is 9.97 Å². The van der Waals surface area contributed by atoms with Gasteiger partial charge in [-0.2, -0.15) is 0 Å². The maximum absolute atomic E-state index is 4.77. The van der Waals surface area contributed by atoms with E-state index in [9.17, 15) is 0 Å². The molecule has 1 heterocycles. The Morgan fingerprint density at radius 1 is 0.786 bits per heavy atom. The van der Waals surface area contributed by atoms with Gasteiger partial charge in [0.05, 0.1) is 11.4 Å². The van der Waals surface area contributed by atoms with Crippen LogP contribution in [0.5, 0.6) is 0 Å². The van der Waals surface area contributed by atoms with E-state index in [1.54, 1.807) is 6.33 Å². The maximum Gasteiger partial charge on any atom is 0.116 e. The van der Waals surface area contributed by atoms with Crippen LogP contribution in [-0.2, 0) is 5.41 Å². The summed E-state index contributed by atoms with van der Waals surface area (Å²) in [5, 5.41) is 2.53. The van der Waals surface area contributed by atoms with E-state index in [1.807, 2.05) is 0 Å². The zero-order valence-corrected chi connectivity index (χ0v) is 16.8. The first-order valence-electron chi connectivity index (χ1n) is 9.97. The average Bonchev–Trinajstić information content (AvgIpc) is 2.96. The van der Waals surface area contributed by atoms with Crippen LogP contribution in [0.15, 0.2) is 67.0 Å². The fourth-order valence-corrected chi connectivity index (χ4v) is 4.59. The van der Waals surface area contributed by atoms with Gasteiger partial charge in [0, 0.05) is 22.1 Å². The van der Waals surface area contributed by atoms with Crippen molar-refractivity contribution >= 4 is 10.8 Å². The van der Waals surface area contributed by atoms with Crippen LogP contribution in [0.2, 0.25) is 0 Å². The molecule has 1 aliphatic rings. The monoisotopic (exact) mass is 364 g/mol. The lowest BCUT2D eigenvalue weighted by Crippen LogP contribution is -2.17. The van der Waals surface area contributed by atoms with Gasteiger partial charge in [-0.3, -0.25) is 0 Å². The molecule has 0 saturated heterocycles. The van der Waals surface area contributed by atoms with Crippen LogP contribution in [0, 0.1) is 0 Å². The third-order valence-electron chi connectivity index (χ3n) is 6.16. The van der Waals surface area contributed by atoms with Crippen LogP contribution in [0.25, 0.3) is 33.3 Å². The highest BCUT2D eigenvalue weighted by atomic mass is 14.9. The van der Waals surface area contributed by atoms with Gasteiger partial charge in [0.15, 0.2) is 0 Å². The first kappa shape index (κ1) is 17.1. The van der Waals surface area contributed by atoms with Gasteiger partial charge in [-0.05, 0) is 27.8 Å². The Labute approximate surface area is 166 Å². The summed E-state index contributed by atoms with van der Waals surface area (Å²) in [4.78, 5) is 9.51. The minimum atomic E-state index is -0.137. The van der Waals surface area contributed by atoms with Crippen molar-refractivity contribution in [1.29, 1.82) is 0 Å². The van der Waals surface area contributed by atoms with Crippen LogP contribution in [0.4, 0.5) is 0 Å². The highest BCUT2D eigenvalue weighted by molar-refractivity contribution is 6.02. The zero-order chi connectivity index (χ0) is 19.5. The molecular formula is C26H24N2. The van der Waals surface area contributed by atoms with E-state index in [-0.39, 0.29) is 5.41 Å². The zero-order valence-electron chi connectivity index (χ0n) is 16.8. The van der Waals surface area contributed by atoms with Gasteiger partial charge in [0.2, 0.25) is 0 Å². The molecule has 0 atom stereocenters. The molecular weight excluding hydrogens is 340 g/mol. The lowest BCUT2D eigenvalue weighted by atomic mass is 9.80. The molecule has 2 heteroatoms. The summed E-state index contributed by atoms with van der Waals surface area (Å²) in [5.74, 6) is 0.525. The van der Waals surface area contributed by atoms with Crippen molar-refractivity contribution in [3.8, 4) is 22.5 Å². The fraction of sp³-hybridized carbons (Fsp3) is 0.231. The van der Waals surface area contributed by atoms with Gasteiger partial charge in [0.1, 0.15) is 6.33 Å². The van der Waals surface area contributed by atoms with E-state index in [0.29, 0.717) is 5.92 Å². The molecule has 0 bridgehead atoms. The van der Waals surface area contributed by atoms with Crippen molar-refractivity contribution in [2.24, 2.45) is 0 Å². The van der Waals surface area contributed by atoms with E-state index in [4.69, 9.17) is 9.97 Å². The Morgan fingerprint density at radius 3 is 2.25 bits per heavy atom. The molecule has 0 unspecified atom stereocenters. The second kappa shape index (κ2) is 6.00. The SMILES string of the molecule is CC(C)c1ccc(-c2ncnc3c2C(C)(C)c2ccc4ccccc4c2-3)cc1. The summed E-state index contributed by atoms with van der Waals surface area (Å²) in [6.45, 7) is 9.04. The van der Waals surface area contributed by atoms with Gasteiger partial charge in [-0.15, -0.1) is 0 Å². The molecule has 0 fully saturated rings. The van der Waals surface area contributed by atoms with Crippen molar-refractivity contribution in [1.82, 2.24) is 9.97 Å². The van der Waals surface area contributed by atoms with Crippen molar-refractivity contribution < 1.29 is 0 Å². The highest BCUT2D eigenvalue weighted by Crippen LogP contribution is 2.52. The molecule has 0 radical (unpaired) electrons. The predicted octanol–water partition coefficient (Wildman–Crippen LogP) is 6.73. The fourth-order valence-electron chi connectivity index (χ4n) is 4.59. The Bertz CT molecular complexity index is 1200. The van der Waals surface area contributed by atoms with Crippen LogP contribution >= 0.6 is 0 Å². The van der Waals surface area contributed by atoms with E-state index in [2.05, 4.69) is 88.4 Å². The van der Waals surface area contributed by atoms with E-state index < -0.39 is 0 Å². The van der Waals surface area contributed by atoms with Gasteiger partial charge < -0.3 is 0 Å². The van der Waals surface area contributed by atoms with E-state index in [0.717, 1.165) is 17.0 Å². The topological polar surface area (TPSA) is 25.8 Å². The van der Waals surface area contributed by atoms with E-state index in [1.165, 1.54) is 33.0 Å². The summed E-state index contributed by atoms with van der Waals surface area (Å²) in [7, 11) is 0. The Hall–Kier alpha value is -3.00. The molecule has 0 amide bonds. The highest BCUT2D eigenvalue weighted by Gasteiger charge is 2.40. The molecule has 5 rings (SSSR count). The Morgan fingerprint density at radius 2 is 1.50 bits per heavy atom. The minimum Gasteiger partial charge on any atom is -0.236 e. The number of hydrogen-bond donors (Lipinski definition) is 0. The average molecular weight is 364 g/mol. The molecule has 28 heavy (non-hydrogen) atoms. The molecule has 3 aromatic carbocycles. The second-order valence-electron chi connectivity index (χ2n) is 8.56. The predicted molar refractivity (Wildman–Crippen MR) is 117 cm³/mol. The molecule has 0 saturated carbocycles. The maximum atomic E-state index is 4.77. The molecule has 138 valence electrons. The first-order chi connectivity index (χ1) is 13.5. The number of fused-ring (bicyclic) bond motifs is 5. The summed E-state index contributed by atoms with van der Waals surface area (Å²) in [5.41, 5.74) is 8.33.